The molecule has 2 rings (SSSR count). The van der Waals surface area contributed by atoms with E-state index in [0.29, 0.717) is 11.7 Å². The van der Waals surface area contributed by atoms with Crippen LogP contribution < -0.4 is 5.32 Å². The van der Waals surface area contributed by atoms with Gasteiger partial charge in [-0.2, -0.15) is 0 Å². The summed E-state index contributed by atoms with van der Waals surface area (Å²) in [5.41, 5.74) is 0.409. The van der Waals surface area contributed by atoms with E-state index in [-0.39, 0.29) is 11.9 Å². The van der Waals surface area contributed by atoms with Gasteiger partial charge in [0.2, 0.25) is 0 Å². The fourth-order valence-corrected chi connectivity index (χ4v) is 2.66. The summed E-state index contributed by atoms with van der Waals surface area (Å²) in [4.78, 5) is 14.3. The zero-order chi connectivity index (χ0) is 14.5. The SMILES string of the molecule is CCCN1CCC[C@H](n2cc(C(=O)NC(C)C)nn2)C1. The normalized spacial score (nSPS) is 20.3. The lowest BCUT2D eigenvalue weighted by Gasteiger charge is -2.32. The molecular weight excluding hydrogens is 254 g/mol. The van der Waals surface area contributed by atoms with Crippen molar-refractivity contribution in [3.63, 3.8) is 0 Å². The number of nitrogens with one attached hydrogen (secondary N) is 1. The standard InChI is InChI=1S/C14H25N5O/c1-4-7-18-8-5-6-12(9-18)19-10-13(16-17-19)14(20)15-11(2)3/h10-12H,4-9H2,1-3H3,(H,15,20)/t12-/m0/s1. The van der Waals surface area contributed by atoms with E-state index in [2.05, 4.69) is 27.5 Å². The van der Waals surface area contributed by atoms with Crippen LogP contribution >= 0.6 is 0 Å². The van der Waals surface area contributed by atoms with Crippen LogP contribution in [-0.4, -0.2) is 51.5 Å². The molecule has 2 heterocycles. The molecule has 0 spiro atoms. The molecule has 0 aromatic carbocycles. The lowest BCUT2D eigenvalue weighted by atomic mass is 10.1. The zero-order valence-electron chi connectivity index (χ0n) is 12.7. The Labute approximate surface area is 120 Å². The predicted molar refractivity (Wildman–Crippen MR) is 77.6 cm³/mol. The summed E-state index contributed by atoms with van der Waals surface area (Å²) in [6, 6.07) is 0.450. The van der Waals surface area contributed by atoms with Gasteiger partial charge in [0.15, 0.2) is 5.69 Å². The van der Waals surface area contributed by atoms with Crippen LogP contribution in [0.5, 0.6) is 0 Å². The fraction of sp³-hybridized carbons (Fsp3) is 0.786. The highest BCUT2D eigenvalue weighted by Crippen LogP contribution is 2.20. The molecule has 6 nitrogen and oxygen atoms in total. The number of nitrogens with zero attached hydrogens (tertiary/aromatic N) is 4. The van der Waals surface area contributed by atoms with Gasteiger partial charge in [0, 0.05) is 12.6 Å². The minimum Gasteiger partial charge on any atom is -0.348 e. The molecule has 0 radical (unpaired) electrons. The molecule has 1 saturated heterocycles. The first kappa shape index (κ1) is 15.0. The minimum absolute atomic E-state index is 0.113. The van der Waals surface area contributed by atoms with Crippen LogP contribution in [-0.2, 0) is 0 Å². The van der Waals surface area contributed by atoms with Crippen LogP contribution in [0.3, 0.4) is 0 Å². The molecule has 1 atom stereocenters. The van der Waals surface area contributed by atoms with Crippen LogP contribution in [0, 0.1) is 0 Å². The summed E-state index contributed by atoms with van der Waals surface area (Å²) in [7, 11) is 0. The van der Waals surface area contributed by atoms with Crippen molar-refractivity contribution in [3.05, 3.63) is 11.9 Å². The molecular formula is C14H25N5O. The van der Waals surface area contributed by atoms with Crippen molar-refractivity contribution in [1.29, 1.82) is 0 Å². The zero-order valence-corrected chi connectivity index (χ0v) is 12.7. The van der Waals surface area contributed by atoms with Crippen molar-refractivity contribution in [2.24, 2.45) is 0 Å². The topological polar surface area (TPSA) is 63.1 Å². The van der Waals surface area contributed by atoms with Gasteiger partial charge in [-0.1, -0.05) is 12.1 Å². The number of hydrogen-bond donors (Lipinski definition) is 1. The molecule has 1 N–H and O–H groups in total. The lowest BCUT2D eigenvalue weighted by molar-refractivity contribution is 0.0938. The van der Waals surface area contributed by atoms with E-state index in [1.807, 2.05) is 18.5 Å². The molecule has 1 aliphatic rings. The Morgan fingerprint density at radius 2 is 2.35 bits per heavy atom. The Bertz CT molecular complexity index is 441. The van der Waals surface area contributed by atoms with Crippen molar-refractivity contribution in [2.45, 2.75) is 52.1 Å². The van der Waals surface area contributed by atoms with Crippen LogP contribution in [0.15, 0.2) is 6.20 Å². The molecule has 20 heavy (non-hydrogen) atoms. The van der Waals surface area contributed by atoms with Crippen LogP contribution in [0.4, 0.5) is 0 Å². The number of likely N-dealkylation sites (tertiary alicyclic amines) is 1. The summed E-state index contributed by atoms with van der Waals surface area (Å²) in [6.07, 6.45) is 5.23. The molecule has 1 aliphatic heterocycles. The van der Waals surface area contributed by atoms with Gasteiger partial charge in [-0.15, -0.1) is 5.10 Å². The first-order valence-corrected chi connectivity index (χ1v) is 7.55. The maximum atomic E-state index is 11.9. The monoisotopic (exact) mass is 279 g/mol. The van der Waals surface area contributed by atoms with Gasteiger partial charge in [-0.25, -0.2) is 4.68 Å². The second-order valence-electron chi connectivity index (χ2n) is 5.81. The number of rotatable bonds is 5. The number of amides is 1. The molecule has 0 unspecified atom stereocenters. The van der Waals surface area contributed by atoms with E-state index < -0.39 is 0 Å². The third-order valence-corrected chi connectivity index (χ3v) is 3.56. The Morgan fingerprint density at radius 1 is 1.55 bits per heavy atom. The van der Waals surface area contributed by atoms with E-state index in [0.717, 1.165) is 19.5 Å². The van der Waals surface area contributed by atoms with Gasteiger partial charge < -0.3 is 10.2 Å². The summed E-state index contributed by atoms with van der Waals surface area (Å²) >= 11 is 0. The largest absolute Gasteiger partial charge is 0.348 e. The highest BCUT2D eigenvalue weighted by atomic mass is 16.2. The van der Waals surface area contributed by atoms with Crippen LogP contribution in [0.25, 0.3) is 0 Å². The van der Waals surface area contributed by atoms with Crippen molar-refractivity contribution >= 4 is 5.91 Å². The highest BCUT2D eigenvalue weighted by Gasteiger charge is 2.22. The Hall–Kier alpha value is -1.43. The van der Waals surface area contributed by atoms with Crippen molar-refractivity contribution in [2.75, 3.05) is 19.6 Å². The minimum atomic E-state index is -0.146. The Morgan fingerprint density at radius 3 is 3.05 bits per heavy atom. The van der Waals surface area contributed by atoms with Crippen LogP contribution in [0.1, 0.15) is 56.6 Å². The highest BCUT2D eigenvalue weighted by molar-refractivity contribution is 5.91. The average Bonchev–Trinajstić information content (AvgIpc) is 2.88. The molecule has 112 valence electrons. The summed E-state index contributed by atoms with van der Waals surface area (Å²) in [5.74, 6) is -0.146. The molecule has 0 aliphatic carbocycles. The fourth-order valence-electron chi connectivity index (χ4n) is 2.66. The van der Waals surface area contributed by atoms with Gasteiger partial charge >= 0.3 is 0 Å². The number of piperidine rings is 1. The van der Waals surface area contributed by atoms with E-state index in [1.165, 1.54) is 19.4 Å². The first-order valence-electron chi connectivity index (χ1n) is 7.55. The number of hydrogen-bond acceptors (Lipinski definition) is 4. The number of aromatic nitrogens is 3. The van der Waals surface area contributed by atoms with Crippen molar-refractivity contribution in [3.8, 4) is 0 Å². The third kappa shape index (κ3) is 3.79. The van der Waals surface area contributed by atoms with E-state index in [4.69, 9.17) is 0 Å². The smallest absolute Gasteiger partial charge is 0.273 e. The summed E-state index contributed by atoms with van der Waals surface area (Å²) < 4.78 is 1.86. The average molecular weight is 279 g/mol. The van der Waals surface area contributed by atoms with Gasteiger partial charge in [0.1, 0.15) is 0 Å². The first-order chi connectivity index (χ1) is 9.60. The van der Waals surface area contributed by atoms with E-state index in [1.54, 1.807) is 6.20 Å². The molecule has 0 saturated carbocycles. The molecule has 1 amide bonds. The van der Waals surface area contributed by atoms with E-state index >= 15 is 0 Å². The van der Waals surface area contributed by atoms with Crippen molar-refractivity contribution < 1.29 is 4.79 Å². The molecule has 1 aromatic rings. The second kappa shape index (κ2) is 6.83. The maximum absolute atomic E-state index is 11.9. The van der Waals surface area contributed by atoms with Gasteiger partial charge in [-0.05, 0) is 46.2 Å². The number of carbonyl (C=O) groups is 1. The molecule has 0 bridgehead atoms. The maximum Gasteiger partial charge on any atom is 0.273 e. The van der Waals surface area contributed by atoms with Gasteiger partial charge in [-0.3, -0.25) is 4.79 Å². The predicted octanol–water partition coefficient (Wildman–Crippen LogP) is 1.46. The molecule has 1 fully saturated rings. The number of carbonyl (C=O) groups excluding carboxylic acids is 1. The molecule has 6 heteroatoms. The molecule has 1 aromatic heterocycles. The second-order valence-corrected chi connectivity index (χ2v) is 5.81. The third-order valence-electron chi connectivity index (χ3n) is 3.56. The summed E-state index contributed by atoms with van der Waals surface area (Å²) in [6.45, 7) is 9.37. The van der Waals surface area contributed by atoms with Crippen LogP contribution in [0.2, 0.25) is 0 Å². The van der Waals surface area contributed by atoms with Crippen molar-refractivity contribution in [1.82, 2.24) is 25.2 Å². The lowest BCUT2D eigenvalue weighted by Crippen LogP contribution is -2.37. The Balaban J connectivity index is 1.99. The van der Waals surface area contributed by atoms with Gasteiger partial charge in [0.05, 0.1) is 12.2 Å². The van der Waals surface area contributed by atoms with E-state index in [9.17, 15) is 4.79 Å². The summed E-state index contributed by atoms with van der Waals surface area (Å²) in [5, 5.41) is 11.0. The Kier molecular flexibility index (Phi) is 5.11. The quantitative estimate of drug-likeness (QED) is 0.886. The van der Waals surface area contributed by atoms with Gasteiger partial charge in [0.25, 0.3) is 5.91 Å².